The van der Waals surface area contributed by atoms with E-state index in [1.54, 1.807) is 16.2 Å². The second-order valence-corrected chi connectivity index (χ2v) is 9.83. The molecule has 1 aliphatic rings. The first-order valence-electron chi connectivity index (χ1n) is 11.8. The molecule has 3 heterocycles. The number of allylic oxidation sites excluding steroid dienone is 1. The lowest BCUT2D eigenvalue weighted by molar-refractivity contribution is 0.203. The number of urea groups is 1. The third-order valence-corrected chi connectivity index (χ3v) is 7.50. The van der Waals surface area contributed by atoms with Crippen molar-refractivity contribution >= 4 is 22.9 Å². The lowest BCUT2D eigenvalue weighted by atomic mass is 9.92. The van der Waals surface area contributed by atoms with Crippen molar-refractivity contribution in [3.63, 3.8) is 0 Å². The third-order valence-electron chi connectivity index (χ3n) is 6.63. The van der Waals surface area contributed by atoms with E-state index in [-0.39, 0.29) is 6.03 Å². The van der Waals surface area contributed by atoms with Crippen LogP contribution in [0.25, 0.3) is 16.3 Å². The first-order chi connectivity index (χ1) is 16.9. The van der Waals surface area contributed by atoms with Crippen molar-refractivity contribution in [2.75, 3.05) is 0 Å². The quantitative estimate of drug-likeness (QED) is 0.332. The van der Waals surface area contributed by atoms with E-state index in [1.165, 1.54) is 11.1 Å². The molecule has 2 aromatic heterocycles. The summed E-state index contributed by atoms with van der Waals surface area (Å²) in [7, 11) is 0. The van der Waals surface area contributed by atoms with E-state index in [1.807, 2.05) is 24.4 Å². The zero-order valence-corrected chi connectivity index (χ0v) is 21.1. The van der Waals surface area contributed by atoms with Gasteiger partial charge < -0.3 is 9.84 Å². The van der Waals surface area contributed by atoms with Gasteiger partial charge in [-0.05, 0) is 66.5 Å². The van der Waals surface area contributed by atoms with Gasteiger partial charge in [0.15, 0.2) is 0 Å². The summed E-state index contributed by atoms with van der Waals surface area (Å²) in [5.74, 6) is 0.966. The van der Waals surface area contributed by atoms with Crippen LogP contribution in [0.4, 0.5) is 4.79 Å². The highest BCUT2D eigenvalue weighted by Crippen LogP contribution is 2.38. The number of aryl methyl sites for hydroxylation is 3. The predicted molar refractivity (Wildman–Crippen MR) is 139 cm³/mol. The molecule has 35 heavy (non-hydrogen) atoms. The molecule has 0 bridgehead atoms. The number of benzene rings is 2. The van der Waals surface area contributed by atoms with Crippen LogP contribution in [0.1, 0.15) is 53.6 Å². The van der Waals surface area contributed by atoms with Gasteiger partial charge in [-0.2, -0.15) is 4.98 Å². The monoisotopic (exact) mass is 484 g/mol. The summed E-state index contributed by atoms with van der Waals surface area (Å²) >= 11 is 1.56. The number of amides is 2. The van der Waals surface area contributed by atoms with Gasteiger partial charge in [0.05, 0.1) is 23.0 Å². The maximum absolute atomic E-state index is 13.4. The first-order valence-corrected chi connectivity index (χ1v) is 12.6. The Balaban J connectivity index is 1.58. The maximum Gasteiger partial charge on any atom is 0.322 e. The molecule has 1 unspecified atom stereocenters. The Morgan fingerprint density at radius 1 is 1.03 bits per heavy atom. The molecule has 0 radical (unpaired) electrons. The van der Waals surface area contributed by atoms with Crippen LogP contribution in [-0.4, -0.2) is 21.1 Å². The Morgan fingerprint density at radius 2 is 1.80 bits per heavy atom. The number of carbonyl (C=O) groups excluding carboxylic acids is 1. The van der Waals surface area contributed by atoms with E-state index in [0.29, 0.717) is 18.3 Å². The number of aromatic nitrogens is 2. The molecule has 0 spiro atoms. The number of thiophene rings is 1. The van der Waals surface area contributed by atoms with Crippen LogP contribution in [0.3, 0.4) is 0 Å². The largest absolute Gasteiger partial charge is 0.334 e. The normalized spacial score (nSPS) is 16.1. The average molecular weight is 485 g/mol. The molecule has 1 N–H and O–H groups in total. The van der Waals surface area contributed by atoms with Crippen LogP contribution in [0.5, 0.6) is 0 Å². The van der Waals surface area contributed by atoms with Crippen molar-refractivity contribution in [3.8, 4) is 10.7 Å². The highest BCUT2D eigenvalue weighted by Gasteiger charge is 2.36. The smallest absolute Gasteiger partial charge is 0.322 e. The minimum Gasteiger partial charge on any atom is -0.334 e. The molecule has 2 amide bonds. The van der Waals surface area contributed by atoms with Crippen LogP contribution in [0.15, 0.2) is 70.2 Å². The fourth-order valence-corrected chi connectivity index (χ4v) is 4.99. The van der Waals surface area contributed by atoms with Crippen molar-refractivity contribution in [1.29, 1.82) is 0 Å². The highest BCUT2D eigenvalue weighted by atomic mass is 32.1. The topological polar surface area (TPSA) is 71.3 Å². The molecule has 5 rings (SSSR count). The molecule has 1 atom stereocenters. The number of hydrogen-bond acceptors (Lipinski definition) is 5. The van der Waals surface area contributed by atoms with Crippen LogP contribution in [0.2, 0.25) is 0 Å². The van der Waals surface area contributed by atoms with Crippen molar-refractivity contribution < 1.29 is 9.32 Å². The fraction of sp³-hybridized carbons (Fsp3) is 0.250. The third kappa shape index (κ3) is 4.51. The Hall–Kier alpha value is -3.71. The molecular weight excluding hydrogens is 456 g/mol. The maximum atomic E-state index is 13.4. The Labute approximate surface area is 209 Å². The van der Waals surface area contributed by atoms with Crippen molar-refractivity contribution in [2.45, 2.75) is 46.7 Å². The summed E-state index contributed by atoms with van der Waals surface area (Å²) in [5.41, 5.74) is 7.30. The molecule has 7 heteroatoms. The minimum atomic E-state index is -0.392. The highest BCUT2D eigenvalue weighted by molar-refractivity contribution is 7.13. The van der Waals surface area contributed by atoms with E-state index < -0.39 is 6.04 Å². The van der Waals surface area contributed by atoms with Gasteiger partial charge in [-0.25, -0.2) is 4.79 Å². The lowest BCUT2D eigenvalue weighted by Gasteiger charge is -2.35. The van der Waals surface area contributed by atoms with E-state index in [0.717, 1.165) is 39.3 Å². The zero-order valence-electron chi connectivity index (χ0n) is 20.3. The summed E-state index contributed by atoms with van der Waals surface area (Å²) in [5, 5.41) is 9.42. The molecular formula is C28H28N4O2S. The molecule has 0 saturated heterocycles. The van der Waals surface area contributed by atoms with Gasteiger partial charge in [0.25, 0.3) is 5.89 Å². The lowest BCUT2D eigenvalue weighted by Crippen LogP contribution is -2.45. The van der Waals surface area contributed by atoms with Crippen molar-refractivity contribution in [1.82, 2.24) is 20.4 Å². The zero-order chi connectivity index (χ0) is 24.5. The molecule has 178 valence electrons. The van der Waals surface area contributed by atoms with E-state index in [2.05, 4.69) is 73.7 Å². The van der Waals surface area contributed by atoms with Crippen LogP contribution in [0, 0.1) is 13.8 Å². The molecule has 0 aliphatic carbocycles. The van der Waals surface area contributed by atoms with E-state index in [4.69, 9.17) is 9.51 Å². The number of rotatable bonds is 6. The summed E-state index contributed by atoms with van der Waals surface area (Å²) in [6.07, 6.45) is 0.981. The second kappa shape index (κ2) is 9.50. The summed E-state index contributed by atoms with van der Waals surface area (Å²) in [6, 6.07) is 18.0. The fourth-order valence-electron chi connectivity index (χ4n) is 4.34. The van der Waals surface area contributed by atoms with Gasteiger partial charge in [-0.3, -0.25) is 4.90 Å². The molecule has 0 fully saturated rings. The molecule has 1 aliphatic heterocycles. The minimum absolute atomic E-state index is 0.146. The summed E-state index contributed by atoms with van der Waals surface area (Å²) < 4.78 is 5.78. The van der Waals surface area contributed by atoms with Crippen LogP contribution >= 0.6 is 11.3 Å². The van der Waals surface area contributed by atoms with Gasteiger partial charge in [0, 0.05) is 5.70 Å². The van der Waals surface area contributed by atoms with Gasteiger partial charge >= 0.3 is 6.03 Å². The SMILES string of the molecule is CCc1ccc(CN2C(=O)NC(c3ccc(C)c(C)c3)C(c3nc(-c4cccs4)no3)=C2C)cc1. The summed E-state index contributed by atoms with van der Waals surface area (Å²) in [4.78, 5) is 20.8. The number of nitrogens with zero attached hydrogens (tertiary/aromatic N) is 3. The molecule has 2 aromatic carbocycles. The van der Waals surface area contributed by atoms with Gasteiger partial charge in [-0.15, -0.1) is 11.3 Å². The van der Waals surface area contributed by atoms with Gasteiger partial charge in [0.2, 0.25) is 5.82 Å². The molecule has 4 aromatic rings. The Kier molecular flexibility index (Phi) is 6.26. The predicted octanol–water partition coefficient (Wildman–Crippen LogP) is 6.68. The number of hydrogen-bond donors (Lipinski definition) is 1. The van der Waals surface area contributed by atoms with Gasteiger partial charge in [-0.1, -0.05) is 60.6 Å². The number of nitrogens with one attached hydrogen (secondary N) is 1. The van der Waals surface area contributed by atoms with Gasteiger partial charge in [0.1, 0.15) is 0 Å². The summed E-state index contributed by atoms with van der Waals surface area (Å²) in [6.45, 7) is 8.70. The molecule has 6 nitrogen and oxygen atoms in total. The van der Waals surface area contributed by atoms with Crippen LogP contribution in [-0.2, 0) is 13.0 Å². The first kappa shape index (κ1) is 23.1. The Bertz CT molecular complexity index is 1390. The molecule has 0 saturated carbocycles. The van der Waals surface area contributed by atoms with E-state index >= 15 is 0 Å². The van der Waals surface area contributed by atoms with Crippen molar-refractivity contribution in [2.24, 2.45) is 0 Å². The van der Waals surface area contributed by atoms with Crippen molar-refractivity contribution in [3.05, 3.63) is 99.4 Å². The standard InChI is InChI=1S/C28H28N4O2S/c1-5-20-9-11-21(12-10-20)16-32-19(4)24(27-30-26(31-34-27)23-7-6-14-35-23)25(29-28(32)33)22-13-8-17(2)18(3)15-22/h6-15,25H,5,16H2,1-4H3,(H,29,33). The second-order valence-electron chi connectivity index (χ2n) is 8.88. The number of carbonyl (C=O) groups is 1. The Morgan fingerprint density at radius 3 is 2.49 bits per heavy atom. The van der Waals surface area contributed by atoms with E-state index in [9.17, 15) is 4.79 Å². The average Bonchev–Trinajstić information content (AvgIpc) is 3.56. The van der Waals surface area contributed by atoms with Crippen LogP contribution < -0.4 is 5.32 Å².